The van der Waals surface area contributed by atoms with Crippen molar-refractivity contribution in [3.8, 4) is 0 Å². The number of nitrogens with zero attached hydrogens (tertiary/aromatic N) is 3. The van der Waals surface area contributed by atoms with Gasteiger partial charge in [0.05, 0.1) is 17.4 Å². The summed E-state index contributed by atoms with van der Waals surface area (Å²) >= 11 is 0. The highest BCUT2D eigenvalue weighted by atomic mass is 16.2. The van der Waals surface area contributed by atoms with Gasteiger partial charge in [0, 0.05) is 24.3 Å². The van der Waals surface area contributed by atoms with Crippen LogP contribution in [-0.4, -0.2) is 20.7 Å². The summed E-state index contributed by atoms with van der Waals surface area (Å²) in [5, 5.41) is 7.72. The van der Waals surface area contributed by atoms with Gasteiger partial charge in [-0.2, -0.15) is 5.10 Å². The van der Waals surface area contributed by atoms with Crippen molar-refractivity contribution in [2.24, 2.45) is 7.05 Å². The van der Waals surface area contributed by atoms with Crippen LogP contribution in [0.3, 0.4) is 0 Å². The van der Waals surface area contributed by atoms with E-state index in [0.717, 1.165) is 10.9 Å². The Kier molecular flexibility index (Phi) is 2.83. The Morgan fingerprint density at radius 3 is 2.95 bits per heavy atom. The maximum absolute atomic E-state index is 12.2. The van der Waals surface area contributed by atoms with Crippen LogP contribution in [0, 0.1) is 0 Å². The number of hydrogen-bond acceptors (Lipinski definition) is 4. The molecule has 2 aromatic heterocycles. The molecule has 0 saturated heterocycles. The van der Waals surface area contributed by atoms with Crippen molar-refractivity contribution in [1.82, 2.24) is 14.8 Å². The van der Waals surface area contributed by atoms with Crippen LogP contribution in [0.1, 0.15) is 10.5 Å². The van der Waals surface area contributed by atoms with Gasteiger partial charge in [-0.3, -0.25) is 14.5 Å². The van der Waals surface area contributed by atoms with Crippen LogP contribution in [0.4, 0.5) is 11.4 Å². The molecule has 0 atom stereocenters. The summed E-state index contributed by atoms with van der Waals surface area (Å²) in [6.45, 7) is 0. The number of anilines is 2. The fourth-order valence-electron chi connectivity index (χ4n) is 2.08. The van der Waals surface area contributed by atoms with Crippen molar-refractivity contribution in [2.45, 2.75) is 0 Å². The Bertz CT molecular complexity index is 774. The number of pyridine rings is 1. The molecule has 3 N–H and O–H groups in total. The van der Waals surface area contributed by atoms with Crippen molar-refractivity contribution >= 4 is 28.2 Å². The van der Waals surface area contributed by atoms with E-state index in [1.807, 2.05) is 24.3 Å². The van der Waals surface area contributed by atoms with Gasteiger partial charge < -0.3 is 11.1 Å². The molecule has 1 amide bonds. The second-order valence-electron chi connectivity index (χ2n) is 4.44. The van der Waals surface area contributed by atoms with Gasteiger partial charge in [-0.1, -0.05) is 6.07 Å². The molecule has 2 heterocycles. The highest BCUT2D eigenvalue weighted by Crippen LogP contribution is 2.18. The van der Waals surface area contributed by atoms with Gasteiger partial charge in [0.2, 0.25) is 0 Å². The second kappa shape index (κ2) is 4.65. The minimum absolute atomic E-state index is 0.286. The maximum atomic E-state index is 12.2. The smallest absolute Gasteiger partial charge is 0.276 e. The van der Waals surface area contributed by atoms with Crippen LogP contribution in [-0.2, 0) is 7.05 Å². The molecule has 0 bridgehead atoms. The molecule has 0 unspecified atom stereocenters. The van der Waals surface area contributed by atoms with E-state index in [2.05, 4.69) is 15.4 Å². The summed E-state index contributed by atoms with van der Waals surface area (Å²) < 4.78 is 1.45. The Labute approximate surface area is 115 Å². The Morgan fingerprint density at radius 1 is 1.35 bits per heavy atom. The first-order valence-corrected chi connectivity index (χ1v) is 6.09. The highest BCUT2D eigenvalue weighted by Gasteiger charge is 2.15. The van der Waals surface area contributed by atoms with Gasteiger partial charge in [-0.15, -0.1) is 0 Å². The van der Waals surface area contributed by atoms with Crippen LogP contribution < -0.4 is 11.1 Å². The number of amides is 1. The first kappa shape index (κ1) is 12.2. The molecule has 100 valence electrons. The number of aryl methyl sites for hydroxylation is 1. The van der Waals surface area contributed by atoms with Gasteiger partial charge in [-0.05, 0) is 24.3 Å². The Balaban J connectivity index is 1.91. The molecule has 3 rings (SSSR count). The molecule has 0 aliphatic rings. The lowest BCUT2D eigenvalue weighted by atomic mass is 10.2. The van der Waals surface area contributed by atoms with Gasteiger partial charge in [0.1, 0.15) is 5.69 Å². The molecule has 3 aromatic rings. The zero-order valence-electron chi connectivity index (χ0n) is 10.9. The van der Waals surface area contributed by atoms with Gasteiger partial charge in [0.25, 0.3) is 5.91 Å². The fraction of sp³-hybridized carbons (Fsp3) is 0.0714. The van der Waals surface area contributed by atoms with Crippen LogP contribution in [0.2, 0.25) is 0 Å². The number of carbonyl (C=O) groups excluding carboxylic acids is 1. The number of nitrogen functional groups attached to an aromatic ring is 1. The Hall–Kier alpha value is -2.89. The van der Waals surface area contributed by atoms with Gasteiger partial charge in [-0.25, -0.2) is 0 Å². The minimum Gasteiger partial charge on any atom is -0.396 e. The van der Waals surface area contributed by atoms with Crippen molar-refractivity contribution in [3.63, 3.8) is 0 Å². The molecule has 0 spiro atoms. The Morgan fingerprint density at radius 2 is 2.20 bits per heavy atom. The second-order valence-corrected chi connectivity index (χ2v) is 4.44. The van der Waals surface area contributed by atoms with Crippen LogP contribution >= 0.6 is 0 Å². The van der Waals surface area contributed by atoms with E-state index in [1.165, 1.54) is 10.9 Å². The average Bonchev–Trinajstić information content (AvgIpc) is 2.78. The van der Waals surface area contributed by atoms with Gasteiger partial charge >= 0.3 is 0 Å². The number of carbonyl (C=O) groups is 1. The molecule has 0 aliphatic heterocycles. The average molecular weight is 267 g/mol. The van der Waals surface area contributed by atoms with E-state index in [-0.39, 0.29) is 5.91 Å². The van der Waals surface area contributed by atoms with Crippen molar-refractivity contribution in [1.29, 1.82) is 0 Å². The van der Waals surface area contributed by atoms with Crippen LogP contribution in [0.25, 0.3) is 10.9 Å². The molecule has 20 heavy (non-hydrogen) atoms. The first-order chi connectivity index (χ1) is 9.65. The van der Waals surface area contributed by atoms with E-state index >= 15 is 0 Å². The normalized spacial score (nSPS) is 10.7. The standard InChI is InChI=1S/C14H13N5O/c1-19-13(11(15)8-17-19)14(20)18-10-4-5-12-9(7-10)3-2-6-16-12/h2-8H,15H2,1H3,(H,18,20). The van der Waals surface area contributed by atoms with E-state index in [4.69, 9.17) is 5.73 Å². The van der Waals surface area contributed by atoms with Crippen molar-refractivity contribution in [3.05, 3.63) is 48.4 Å². The highest BCUT2D eigenvalue weighted by molar-refractivity contribution is 6.07. The SMILES string of the molecule is Cn1ncc(N)c1C(=O)Nc1ccc2ncccc2c1. The van der Waals surface area contributed by atoms with Crippen molar-refractivity contribution in [2.75, 3.05) is 11.1 Å². The summed E-state index contributed by atoms with van der Waals surface area (Å²) in [6, 6.07) is 9.33. The molecule has 0 radical (unpaired) electrons. The summed E-state index contributed by atoms with van der Waals surface area (Å²) in [4.78, 5) is 16.4. The summed E-state index contributed by atoms with van der Waals surface area (Å²) in [5.41, 5.74) is 8.00. The predicted molar refractivity (Wildman–Crippen MR) is 77.3 cm³/mol. The maximum Gasteiger partial charge on any atom is 0.276 e. The molecular formula is C14H13N5O. The summed E-state index contributed by atoms with van der Waals surface area (Å²) in [6.07, 6.45) is 3.19. The minimum atomic E-state index is -0.286. The third kappa shape index (κ3) is 2.07. The van der Waals surface area contributed by atoms with E-state index in [9.17, 15) is 4.79 Å². The molecule has 6 nitrogen and oxygen atoms in total. The lowest BCUT2D eigenvalue weighted by molar-refractivity contribution is 0.101. The van der Waals surface area contributed by atoms with E-state index < -0.39 is 0 Å². The number of fused-ring (bicyclic) bond motifs is 1. The topological polar surface area (TPSA) is 85.8 Å². The number of rotatable bonds is 2. The lowest BCUT2D eigenvalue weighted by Crippen LogP contribution is -2.17. The third-order valence-electron chi connectivity index (χ3n) is 3.04. The summed E-state index contributed by atoms with van der Waals surface area (Å²) in [7, 11) is 1.68. The lowest BCUT2D eigenvalue weighted by Gasteiger charge is -2.07. The van der Waals surface area contributed by atoms with E-state index in [0.29, 0.717) is 17.1 Å². The molecule has 0 aliphatic carbocycles. The monoisotopic (exact) mass is 267 g/mol. The van der Waals surface area contributed by atoms with Crippen LogP contribution in [0.15, 0.2) is 42.7 Å². The number of nitrogens with two attached hydrogens (primary N) is 1. The first-order valence-electron chi connectivity index (χ1n) is 6.09. The molecule has 1 aromatic carbocycles. The number of benzene rings is 1. The van der Waals surface area contributed by atoms with Gasteiger partial charge in [0.15, 0.2) is 0 Å². The quantitative estimate of drug-likeness (QED) is 0.741. The molecule has 6 heteroatoms. The zero-order chi connectivity index (χ0) is 14.1. The number of nitrogens with one attached hydrogen (secondary N) is 1. The van der Waals surface area contributed by atoms with E-state index in [1.54, 1.807) is 19.3 Å². The largest absolute Gasteiger partial charge is 0.396 e. The molecule has 0 saturated carbocycles. The third-order valence-corrected chi connectivity index (χ3v) is 3.04. The number of hydrogen-bond donors (Lipinski definition) is 2. The number of aromatic nitrogens is 3. The fourth-order valence-corrected chi connectivity index (χ4v) is 2.08. The molecule has 0 fully saturated rings. The molecular weight excluding hydrogens is 254 g/mol. The summed E-state index contributed by atoms with van der Waals surface area (Å²) in [5.74, 6) is -0.286. The van der Waals surface area contributed by atoms with Crippen molar-refractivity contribution < 1.29 is 4.79 Å². The van der Waals surface area contributed by atoms with Crippen LogP contribution in [0.5, 0.6) is 0 Å². The zero-order valence-corrected chi connectivity index (χ0v) is 10.9. The predicted octanol–water partition coefficient (Wildman–Crippen LogP) is 1.80.